The summed E-state index contributed by atoms with van der Waals surface area (Å²) in [6.07, 6.45) is 2.72. The number of aromatic amines is 2. The highest BCUT2D eigenvalue weighted by atomic mass is 32.1. The topological polar surface area (TPSA) is 507 Å². The smallest absolute Gasteiger partial charge is 0.244 e. The first-order valence-corrected chi connectivity index (χ1v) is 34.3. The van der Waals surface area contributed by atoms with Gasteiger partial charge in [-0.1, -0.05) is 86.6 Å². The van der Waals surface area contributed by atoms with Crippen LogP contribution in [0, 0.1) is 11.3 Å². The molecule has 2 aromatic heterocycles. The predicted molar refractivity (Wildman–Crippen MR) is 381 cm³/mol. The lowest BCUT2D eigenvalue weighted by Gasteiger charge is -2.29. The lowest BCUT2D eigenvalue weighted by atomic mass is 9.99. The maximum Gasteiger partial charge on any atom is 0.244 e. The average Bonchev–Trinajstić information content (AvgIpc) is 1.64. The van der Waals surface area contributed by atoms with Crippen molar-refractivity contribution in [2.45, 2.75) is 158 Å². The van der Waals surface area contributed by atoms with Gasteiger partial charge < -0.3 is 95.9 Å². The highest BCUT2D eigenvalue weighted by Gasteiger charge is 2.38. The number of primary amides is 1. The number of para-hydroxylation sites is 1. The summed E-state index contributed by atoms with van der Waals surface area (Å²) in [5.41, 5.74) is 20.0. The maximum atomic E-state index is 15.3. The van der Waals surface area contributed by atoms with Crippen molar-refractivity contribution >= 4 is 94.5 Å². The van der Waals surface area contributed by atoms with Gasteiger partial charge in [0.2, 0.25) is 65.0 Å². The van der Waals surface area contributed by atoms with E-state index in [9.17, 15) is 39.0 Å². The van der Waals surface area contributed by atoms with Crippen molar-refractivity contribution in [2.24, 2.45) is 23.1 Å². The number of phenolic OH excluding ortho intramolecular Hbond substituents is 2. The fourth-order valence-electron chi connectivity index (χ4n) is 11.5. The number of imidazole rings is 1. The first-order valence-electron chi connectivity index (χ1n) is 33.7. The van der Waals surface area contributed by atoms with Crippen LogP contribution in [0.5, 0.6) is 11.5 Å². The van der Waals surface area contributed by atoms with E-state index >= 15 is 24.0 Å². The third-order valence-electron chi connectivity index (χ3n) is 16.9. The van der Waals surface area contributed by atoms with Crippen LogP contribution in [0.2, 0.25) is 0 Å². The molecule has 1 fully saturated rings. The highest BCUT2D eigenvalue weighted by molar-refractivity contribution is 7.80. The van der Waals surface area contributed by atoms with Crippen LogP contribution in [0.15, 0.2) is 122 Å². The molecule has 1 aliphatic heterocycles. The number of aromatic nitrogens is 3. The molecule has 1 aliphatic rings. The molecule has 11 amide bonds. The number of hydrogen-bond acceptors (Lipinski definition) is 17. The zero-order valence-electron chi connectivity index (χ0n) is 56.7. The summed E-state index contributed by atoms with van der Waals surface area (Å²) in [4.78, 5) is 172. The van der Waals surface area contributed by atoms with E-state index in [0.717, 1.165) is 0 Å². The van der Waals surface area contributed by atoms with Gasteiger partial charge >= 0.3 is 0 Å². The van der Waals surface area contributed by atoms with E-state index < -0.39 is 144 Å². The highest BCUT2D eigenvalue weighted by Crippen LogP contribution is 2.22. The summed E-state index contributed by atoms with van der Waals surface area (Å²) < 4.78 is 0. The molecule has 0 aliphatic carbocycles. The summed E-state index contributed by atoms with van der Waals surface area (Å²) in [7, 11) is 0. The summed E-state index contributed by atoms with van der Waals surface area (Å²) in [6, 6.07) is 11.8. The molecule has 0 bridgehead atoms. The Hall–Kier alpha value is -11.0. The number of fused-ring (bicyclic) bond motifs is 1. The van der Waals surface area contributed by atoms with Crippen molar-refractivity contribution in [2.75, 3.05) is 18.8 Å². The number of nitrogens with zero attached hydrogens (tertiary/aromatic N) is 1. The number of H-pyrrole nitrogens is 2. The van der Waals surface area contributed by atoms with Crippen LogP contribution in [0.1, 0.15) is 93.2 Å². The number of benzene rings is 4. The van der Waals surface area contributed by atoms with Gasteiger partial charge in [0, 0.05) is 79.8 Å². The van der Waals surface area contributed by atoms with Crippen molar-refractivity contribution in [3.63, 3.8) is 0 Å². The molecular formula is C70H92N18O13S. The van der Waals surface area contributed by atoms with Crippen LogP contribution >= 0.6 is 12.6 Å². The molecule has 1 saturated heterocycles. The van der Waals surface area contributed by atoms with Crippen molar-refractivity contribution in [1.82, 2.24) is 73.4 Å². The van der Waals surface area contributed by atoms with Gasteiger partial charge in [-0.2, -0.15) is 12.6 Å². The number of hydrogen-bond donors (Lipinski definition) is 20. The van der Waals surface area contributed by atoms with Crippen LogP contribution in [0.25, 0.3) is 10.9 Å². The molecule has 3 heterocycles. The molecule has 4 aromatic carbocycles. The van der Waals surface area contributed by atoms with E-state index in [-0.39, 0.29) is 100 Å². The molecule has 7 rings (SSSR count). The van der Waals surface area contributed by atoms with E-state index in [4.69, 9.17) is 22.6 Å². The molecule has 102 heavy (non-hydrogen) atoms. The van der Waals surface area contributed by atoms with E-state index in [1.54, 1.807) is 68.6 Å². The number of phenols is 2. The van der Waals surface area contributed by atoms with Gasteiger partial charge in [0.25, 0.3) is 0 Å². The number of guanidine groups is 1. The Morgan fingerprint density at radius 2 is 0.912 bits per heavy atom. The van der Waals surface area contributed by atoms with E-state index in [2.05, 4.69) is 86.1 Å². The summed E-state index contributed by atoms with van der Waals surface area (Å²) in [5.74, 6) is -11.5. The second-order valence-corrected chi connectivity index (χ2v) is 25.8. The number of rotatable bonds is 24. The second kappa shape index (κ2) is 39.1. The normalized spacial score (nSPS) is 22.1. The molecule has 0 radical (unpaired) electrons. The molecule has 546 valence electrons. The number of nitrogens with one attached hydrogen (secondary N) is 14. The molecule has 6 aromatic rings. The summed E-state index contributed by atoms with van der Waals surface area (Å²) in [5, 5.41) is 58.8. The van der Waals surface area contributed by atoms with Crippen molar-refractivity contribution in [1.29, 1.82) is 5.41 Å². The maximum absolute atomic E-state index is 15.3. The number of amides is 11. The average molecular weight is 1430 g/mol. The number of carbonyl (C=O) groups excluding carboxylic acids is 11. The molecular weight excluding hydrogens is 1330 g/mol. The molecule has 0 saturated carbocycles. The summed E-state index contributed by atoms with van der Waals surface area (Å²) in [6.45, 7) is 3.79. The van der Waals surface area contributed by atoms with Crippen LogP contribution in [0.4, 0.5) is 0 Å². The van der Waals surface area contributed by atoms with E-state index in [1.165, 1.54) is 61.1 Å². The third kappa shape index (κ3) is 24.7. The fourth-order valence-corrected chi connectivity index (χ4v) is 11.8. The second-order valence-electron chi connectivity index (χ2n) is 25.5. The first kappa shape index (κ1) is 78.3. The minimum Gasteiger partial charge on any atom is -0.508 e. The largest absolute Gasteiger partial charge is 0.508 e. The molecule has 0 spiro atoms. The van der Waals surface area contributed by atoms with Crippen molar-refractivity contribution in [3.05, 3.63) is 150 Å². The number of unbranched alkanes of at least 4 members (excludes halogenated alkanes) is 1. The lowest BCUT2D eigenvalue weighted by molar-refractivity contribution is -0.136. The Labute approximate surface area is 594 Å². The number of thiol groups is 1. The van der Waals surface area contributed by atoms with Crippen LogP contribution in [-0.4, -0.2) is 175 Å². The number of carbonyl (C=O) groups is 11. The fraction of sp³-hybridized carbons (Fsp3) is 0.414. The summed E-state index contributed by atoms with van der Waals surface area (Å²) >= 11 is 4.42. The van der Waals surface area contributed by atoms with Crippen LogP contribution in [-0.2, 0) is 84.8 Å². The molecule has 10 atom stereocenters. The van der Waals surface area contributed by atoms with E-state index in [1.807, 2.05) is 6.07 Å². The van der Waals surface area contributed by atoms with Gasteiger partial charge in [-0.15, -0.1) is 0 Å². The monoisotopic (exact) mass is 1420 g/mol. The Morgan fingerprint density at radius 3 is 1.38 bits per heavy atom. The minimum atomic E-state index is -1.64. The Balaban J connectivity index is 1.35. The van der Waals surface area contributed by atoms with Gasteiger partial charge in [-0.3, -0.25) is 58.1 Å². The van der Waals surface area contributed by atoms with Gasteiger partial charge in [0.1, 0.15) is 71.9 Å². The van der Waals surface area contributed by atoms with Crippen LogP contribution < -0.4 is 75.7 Å². The SMILES string of the molecule is CC(C)C[C@@H]1NC(=O)[C@H](Cc2c[nH]c3ccccc23)NC(=O)[C@H](Cc2ccc(O)cc2)NC(=O)[C@H](Cc2ccc(O)cc2)NC(=O)[C@H](CS)NC(=O)[C@H](CCCCN)NC(=O)[C@H](CCCNC(=N)N)NC(=O)[C@H](CCC(N)=O)NC(=O)[C@H](Cc2ccccc2)NC(=O)[C@H](Cc2cnc[nH]2)NC1=O. The van der Waals surface area contributed by atoms with Gasteiger partial charge in [0.05, 0.1) is 6.33 Å². The first-order chi connectivity index (χ1) is 48.9. The van der Waals surface area contributed by atoms with E-state index in [0.29, 0.717) is 45.3 Å². The van der Waals surface area contributed by atoms with Crippen molar-refractivity contribution < 1.29 is 63.0 Å². The zero-order valence-corrected chi connectivity index (χ0v) is 57.6. The third-order valence-corrected chi connectivity index (χ3v) is 17.3. The number of nitrogens with two attached hydrogens (primary N) is 3. The van der Waals surface area contributed by atoms with Crippen LogP contribution in [0.3, 0.4) is 0 Å². The quantitative estimate of drug-likeness (QED) is 0.0154. The van der Waals surface area contributed by atoms with Gasteiger partial charge in [-0.25, -0.2) is 4.98 Å². The van der Waals surface area contributed by atoms with Gasteiger partial charge in [-0.05, 0) is 110 Å². The lowest BCUT2D eigenvalue weighted by Crippen LogP contribution is -2.62. The zero-order chi connectivity index (χ0) is 73.8. The Kier molecular flexibility index (Phi) is 30.0. The molecule has 22 N–H and O–H groups in total. The molecule has 31 nitrogen and oxygen atoms in total. The van der Waals surface area contributed by atoms with Gasteiger partial charge in [0.15, 0.2) is 5.96 Å². The number of aromatic hydroxyl groups is 2. The standard InChI is InChI=1S/C70H92N18O13S/c1-39(2)29-52-63(95)87-57(34-44-36-75-38-78-44)68(100)84-53(30-40-11-4-3-5-12-40)64(96)81-51(25-26-59(72)91)62(94)80-50(16-10-28-76-70(73)74)60(92)79-49(15-8-9-27-71)61(93)88-58(37-102)69(101)85-55(32-42-19-23-46(90)24-20-42)65(97)83-54(31-41-17-21-45(89)22-18-41)66(98)86-56(67(99)82-52)33-43-35-77-48-14-7-6-13-47(43)48/h3-7,11-14,17-24,35-36,38-39,49-58,77,89-90,102H,8-10,15-16,25-34,37,71H2,1-2H3,(H2,72,91)(H,75,78)(H,79,92)(H,80,94)(H,81,96)(H,82,99)(H,83,97)(H,84,100)(H,85,101)(H,86,98)(H,87,95)(H,88,93)(H4,73,74,76)/t49-,50-,51-,52-,53-,54-,55-,56-,57-,58-/m0/s1. The molecule has 0 unspecified atom stereocenters. The molecule has 32 heteroatoms. The Morgan fingerprint density at radius 1 is 0.500 bits per heavy atom. The minimum absolute atomic E-state index is 0.0245. The predicted octanol–water partition coefficient (Wildman–Crippen LogP) is -0.689. The Bertz CT molecular complexity index is 3840. The van der Waals surface area contributed by atoms with Crippen molar-refractivity contribution in [3.8, 4) is 11.5 Å².